The molecule has 0 aliphatic carbocycles. The first kappa shape index (κ1) is 5.44. The number of nitrogens with two attached hydrogens (primary N) is 1. The Morgan fingerprint density at radius 3 is 2.88 bits per heavy atom. The zero-order chi connectivity index (χ0) is 5.98. The molecule has 0 aromatic rings. The van der Waals surface area contributed by atoms with Gasteiger partial charge in [0.1, 0.15) is 0 Å². The lowest BCUT2D eigenvalue weighted by atomic mass is 10.2. The van der Waals surface area contributed by atoms with Crippen LogP contribution in [-0.4, -0.2) is 12.6 Å². The standard InChI is InChI=1S/C5H9N3/c1-4-5(2-6)3-7-8-4/h3-4H,2,6H2,1H3/t4-/m0/s1. The summed E-state index contributed by atoms with van der Waals surface area (Å²) in [5, 5.41) is 7.54. The van der Waals surface area contributed by atoms with E-state index in [1.165, 1.54) is 0 Å². The zero-order valence-corrected chi connectivity index (χ0v) is 4.83. The maximum absolute atomic E-state index is 5.34. The lowest BCUT2D eigenvalue weighted by Gasteiger charge is -1.98. The van der Waals surface area contributed by atoms with Gasteiger partial charge in [-0.1, -0.05) is 0 Å². The molecule has 0 saturated heterocycles. The highest BCUT2D eigenvalue weighted by Gasteiger charge is 2.08. The molecule has 1 atom stereocenters. The zero-order valence-electron chi connectivity index (χ0n) is 4.83. The van der Waals surface area contributed by atoms with Crippen LogP contribution in [0.1, 0.15) is 6.92 Å². The number of hydrogen-bond acceptors (Lipinski definition) is 3. The Balaban J connectivity index is 2.59. The molecule has 0 spiro atoms. The van der Waals surface area contributed by atoms with E-state index >= 15 is 0 Å². The van der Waals surface area contributed by atoms with Crippen LogP contribution >= 0.6 is 0 Å². The van der Waals surface area contributed by atoms with Crippen LogP contribution < -0.4 is 5.73 Å². The number of hydrogen-bond donors (Lipinski definition) is 1. The quantitative estimate of drug-likeness (QED) is 0.531. The summed E-state index contributed by atoms with van der Waals surface area (Å²) in [6.07, 6.45) is 1.73. The number of nitrogens with zero attached hydrogens (tertiary/aromatic N) is 2. The average molecular weight is 111 g/mol. The second kappa shape index (κ2) is 2.05. The summed E-state index contributed by atoms with van der Waals surface area (Å²) in [4.78, 5) is 0. The van der Waals surface area contributed by atoms with Crippen LogP contribution in [0.25, 0.3) is 0 Å². The minimum absolute atomic E-state index is 0.222. The molecule has 3 nitrogen and oxygen atoms in total. The maximum atomic E-state index is 5.34. The molecule has 3 heteroatoms. The molecule has 8 heavy (non-hydrogen) atoms. The first-order valence-electron chi connectivity index (χ1n) is 2.63. The third-order valence-electron chi connectivity index (χ3n) is 1.24. The summed E-state index contributed by atoms with van der Waals surface area (Å²) in [7, 11) is 0. The van der Waals surface area contributed by atoms with Crippen LogP contribution in [0.5, 0.6) is 0 Å². The van der Waals surface area contributed by atoms with Crippen molar-refractivity contribution in [1.29, 1.82) is 0 Å². The van der Waals surface area contributed by atoms with Crippen molar-refractivity contribution in [1.82, 2.24) is 0 Å². The van der Waals surface area contributed by atoms with Crippen molar-refractivity contribution in [2.45, 2.75) is 13.0 Å². The van der Waals surface area contributed by atoms with E-state index in [2.05, 4.69) is 10.2 Å². The van der Waals surface area contributed by atoms with E-state index in [1.807, 2.05) is 6.92 Å². The number of rotatable bonds is 1. The fourth-order valence-electron chi connectivity index (χ4n) is 0.613. The van der Waals surface area contributed by atoms with E-state index in [4.69, 9.17) is 5.73 Å². The molecule has 2 N–H and O–H groups in total. The normalized spacial score (nSPS) is 26.2. The van der Waals surface area contributed by atoms with Gasteiger partial charge in [-0.3, -0.25) is 0 Å². The molecule has 0 fully saturated rings. The van der Waals surface area contributed by atoms with Crippen molar-refractivity contribution in [3.05, 3.63) is 11.8 Å². The molecule has 0 aromatic heterocycles. The molecule has 1 aliphatic heterocycles. The molecule has 44 valence electrons. The maximum Gasteiger partial charge on any atom is 0.0924 e. The van der Waals surface area contributed by atoms with E-state index in [9.17, 15) is 0 Å². The summed E-state index contributed by atoms with van der Waals surface area (Å²) in [5.74, 6) is 0. The molecule has 0 unspecified atom stereocenters. The highest BCUT2D eigenvalue weighted by atomic mass is 15.1. The molecule has 1 rings (SSSR count). The predicted octanol–water partition coefficient (Wildman–Crippen LogP) is 0.683. The summed E-state index contributed by atoms with van der Waals surface area (Å²) in [6.45, 7) is 2.56. The third-order valence-corrected chi connectivity index (χ3v) is 1.24. The van der Waals surface area contributed by atoms with Crippen LogP contribution in [-0.2, 0) is 0 Å². The Kier molecular flexibility index (Phi) is 1.39. The fraction of sp³-hybridized carbons (Fsp3) is 0.600. The molecule has 1 aliphatic rings. The lowest BCUT2D eigenvalue weighted by molar-refractivity contribution is 0.827. The van der Waals surface area contributed by atoms with Crippen molar-refractivity contribution in [2.75, 3.05) is 6.54 Å². The van der Waals surface area contributed by atoms with Gasteiger partial charge in [0, 0.05) is 6.54 Å². The number of azo groups is 1. The Hall–Kier alpha value is -0.700. The van der Waals surface area contributed by atoms with Crippen molar-refractivity contribution in [2.24, 2.45) is 16.0 Å². The summed E-state index contributed by atoms with van der Waals surface area (Å²) < 4.78 is 0. The van der Waals surface area contributed by atoms with E-state index in [-0.39, 0.29) is 6.04 Å². The van der Waals surface area contributed by atoms with Crippen LogP contribution in [0.3, 0.4) is 0 Å². The van der Waals surface area contributed by atoms with Crippen LogP contribution in [0.2, 0.25) is 0 Å². The van der Waals surface area contributed by atoms with E-state index in [0.29, 0.717) is 6.54 Å². The van der Waals surface area contributed by atoms with Gasteiger partial charge >= 0.3 is 0 Å². The topological polar surface area (TPSA) is 50.7 Å². The Morgan fingerprint density at radius 1 is 1.88 bits per heavy atom. The Bertz CT molecular complexity index is 137. The van der Waals surface area contributed by atoms with Crippen LogP contribution in [0.15, 0.2) is 22.0 Å². The second-order valence-corrected chi connectivity index (χ2v) is 1.82. The minimum atomic E-state index is 0.222. The van der Waals surface area contributed by atoms with Crippen molar-refractivity contribution >= 4 is 0 Å². The largest absolute Gasteiger partial charge is 0.327 e. The van der Waals surface area contributed by atoms with E-state index in [1.54, 1.807) is 6.20 Å². The summed E-state index contributed by atoms with van der Waals surface area (Å²) in [5.41, 5.74) is 6.45. The SMILES string of the molecule is C[C@@H]1N=NC=C1CN. The average Bonchev–Trinajstić information content (AvgIpc) is 2.14. The molecular formula is C5H9N3. The Morgan fingerprint density at radius 2 is 2.62 bits per heavy atom. The van der Waals surface area contributed by atoms with Gasteiger partial charge in [0.05, 0.1) is 12.2 Å². The molecular weight excluding hydrogens is 102 g/mol. The minimum Gasteiger partial charge on any atom is -0.327 e. The van der Waals surface area contributed by atoms with Gasteiger partial charge in [0.2, 0.25) is 0 Å². The van der Waals surface area contributed by atoms with Crippen molar-refractivity contribution in [3.63, 3.8) is 0 Å². The monoisotopic (exact) mass is 111 g/mol. The highest BCUT2D eigenvalue weighted by Crippen LogP contribution is 2.11. The first-order chi connectivity index (χ1) is 3.84. The van der Waals surface area contributed by atoms with Gasteiger partial charge in [-0.25, -0.2) is 0 Å². The highest BCUT2D eigenvalue weighted by molar-refractivity contribution is 5.13. The van der Waals surface area contributed by atoms with Crippen LogP contribution in [0.4, 0.5) is 0 Å². The Labute approximate surface area is 48.3 Å². The molecule has 0 radical (unpaired) electrons. The van der Waals surface area contributed by atoms with Crippen LogP contribution in [0, 0.1) is 0 Å². The van der Waals surface area contributed by atoms with E-state index in [0.717, 1.165) is 5.57 Å². The van der Waals surface area contributed by atoms with Crippen molar-refractivity contribution < 1.29 is 0 Å². The molecule has 0 aromatic carbocycles. The van der Waals surface area contributed by atoms with Gasteiger partial charge in [-0.05, 0) is 12.5 Å². The van der Waals surface area contributed by atoms with E-state index < -0.39 is 0 Å². The molecule has 0 bridgehead atoms. The van der Waals surface area contributed by atoms with Crippen molar-refractivity contribution in [3.8, 4) is 0 Å². The predicted molar refractivity (Wildman–Crippen MR) is 31.5 cm³/mol. The molecule has 0 amide bonds. The lowest BCUT2D eigenvalue weighted by Crippen LogP contribution is -2.10. The first-order valence-corrected chi connectivity index (χ1v) is 2.63. The van der Waals surface area contributed by atoms with Gasteiger partial charge in [-0.15, -0.1) is 0 Å². The molecule has 0 saturated carbocycles. The van der Waals surface area contributed by atoms with Gasteiger partial charge in [0.15, 0.2) is 0 Å². The van der Waals surface area contributed by atoms with Gasteiger partial charge in [0.25, 0.3) is 0 Å². The third kappa shape index (κ3) is 0.767. The summed E-state index contributed by atoms with van der Waals surface area (Å²) in [6, 6.07) is 0.222. The molecule has 1 heterocycles. The second-order valence-electron chi connectivity index (χ2n) is 1.82. The summed E-state index contributed by atoms with van der Waals surface area (Å²) >= 11 is 0. The smallest absolute Gasteiger partial charge is 0.0924 e. The fourth-order valence-corrected chi connectivity index (χ4v) is 0.613. The van der Waals surface area contributed by atoms with Gasteiger partial charge in [-0.2, -0.15) is 10.2 Å². The van der Waals surface area contributed by atoms with Gasteiger partial charge < -0.3 is 5.73 Å².